The number of carbonyl (C=O) groups excluding carboxylic acids is 2. The minimum atomic E-state index is -0.860. The molecule has 4 aromatic carbocycles. The zero-order chi connectivity index (χ0) is 42.7. The molecule has 0 fully saturated rings. The molecular formula is C54H75NO5. The van der Waals surface area contributed by atoms with Crippen molar-refractivity contribution in [3.63, 3.8) is 0 Å². The summed E-state index contributed by atoms with van der Waals surface area (Å²) < 4.78 is 18.6. The number of hydrogen-bond donors (Lipinski definition) is 1. The summed E-state index contributed by atoms with van der Waals surface area (Å²) in [4.78, 5) is 28.3. The van der Waals surface area contributed by atoms with Gasteiger partial charge < -0.3 is 14.2 Å². The van der Waals surface area contributed by atoms with Crippen molar-refractivity contribution in [2.75, 3.05) is 13.2 Å². The Balaban J connectivity index is 1.49. The summed E-state index contributed by atoms with van der Waals surface area (Å²) in [5.41, 5.74) is 3.26. The van der Waals surface area contributed by atoms with Gasteiger partial charge in [-0.1, -0.05) is 232 Å². The predicted octanol–water partition coefficient (Wildman–Crippen LogP) is 13.2. The number of ether oxygens (including phenoxy) is 3. The van der Waals surface area contributed by atoms with E-state index in [1.54, 1.807) is 0 Å². The number of benzene rings is 4. The second-order valence-electron chi connectivity index (χ2n) is 16.9. The van der Waals surface area contributed by atoms with Gasteiger partial charge in [0.05, 0.1) is 30.8 Å². The van der Waals surface area contributed by atoms with Gasteiger partial charge in [-0.15, -0.1) is 0 Å². The van der Waals surface area contributed by atoms with Crippen molar-refractivity contribution in [2.45, 2.75) is 155 Å². The van der Waals surface area contributed by atoms with Gasteiger partial charge in [0, 0.05) is 0 Å². The molecule has 0 aliphatic rings. The minimum Gasteiger partial charge on any atom is -0.465 e. The topological polar surface area (TPSA) is 73.9 Å². The molecule has 0 aliphatic carbocycles. The number of unbranched alkanes of at least 4 members (excludes halogenated alkanes) is 12. The lowest BCUT2D eigenvalue weighted by Gasteiger charge is -2.40. The highest BCUT2D eigenvalue weighted by Gasteiger charge is 2.41. The molecule has 0 aliphatic heterocycles. The Bertz CT molecular complexity index is 1600. The highest BCUT2D eigenvalue weighted by molar-refractivity contribution is 5.78. The average molecular weight is 818 g/mol. The van der Waals surface area contributed by atoms with Crippen LogP contribution in [0.5, 0.6) is 0 Å². The van der Waals surface area contributed by atoms with Gasteiger partial charge in [-0.2, -0.15) is 0 Å². The Morgan fingerprint density at radius 3 is 1.47 bits per heavy atom. The van der Waals surface area contributed by atoms with Crippen LogP contribution in [0.1, 0.15) is 153 Å². The number of esters is 2. The normalized spacial score (nSPS) is 13.2. The lowest BCUT2D eigenvalue weighted by molar-refractivity contribution is -0.158. The first-order valence-electron chi connectivity index (χ1n) is 23.3. The van der Waals surface area contributed by atoms with Crippen LogP contribution in [0.25, 0.3) is 0 Å². The molecular weight excluding hydrogens is 743 g/mol. The van der Waals surface area contributed by atoms with E-state index < -0.39 is 23.5 Å². The van der Waals surface area contributed by atoms with Crippen molar-refractivity contribution in [1.82, 2.24) is 5.32 Å². The lowest BCUT2D eigenvalue weighted by Crippen LogP contribution is -2.55. The van der Waals surface area contributed by atoms with Crippen molar-refractivity contribution >= 4 is 11.9 Å². The van der Waals surface area contributed by atoms with E-state index in [1.165, 1.54) is 64.2 Å². The highest BCUT2D eigenvalue weighted by atomic mass is 16.6. The van der Waals surface area contributed by atoms with Crippen LogP contribution in [0, 0.1) is 11.8 Å². The fraction of sp³-hybridized carbons (Fsp3) is 0.519. The molecule has 326 valence electrons. The smallest absolute Gasteiger partial charge is 0.323 e. The Hall–Kier alpha value is -4.26. The molecule has 0 radical (unpaired) electrons. The number of hydrogen-bond acceptors (Lipinski definition) is 6. The molecule has 0 saturated heterocycles. The first-order valence-corrected chi connectivity index (χ1v) is 23.3. The van der Waals surface area contributed by atoms with Crippen LogP contribution < -0.4 is 5.32 Å². The van der Waals surface area contributed by atoms with E-state index in [9.17, 15) is 9.59 Å². The second-order valence-corrected chi connectivity index (χ2v) is 16.9. The third-order valence-corrected chi connectivity index (χ3v) is 11.7. The molecule has 0 bridgehead atoms. The molecule has 3 atom stereocenters. The number of carbonyl (C=O) groups is 2. The van der Waals surface area contributed by atoms with Gasteiger partial charge >= 0.3 is 11.9 Å². The van der Waals surface area contributed by atoms with Crippen molar-refractivity contribution < 1.29 is 23.8 Å². The Morgan fingerprint density at radius 2 is 1.00 bits per heavy atom. The van der Waals surface area contributed by atoms with Gasteiger partial charge in [-0.3, -0.25) is 14.9 Å². The van der Waals surface area contributed by atoms with Crippen LogP contribution >= 0.6 is 0 Å². The van der Waals surface area contributed by atoms with Crippen LogP contribution in [0.15, 0.2) is 121 Å². The van der Waals surface area contributed by atoms with Crippen molar-refractivity contribution in [3.8, 4) is 0 Å². The molecule has 0 aromatic heterocycles. The maximum Gasteiger partial charge on any atom is 0.323 e. The molecule has 60 heavy (non-hydrogen) atoms. The lowest BCUT2D eigenvalue weighted by atomic mass is 9.76. The van der Waals surface area contributed by atoms with Gasteiger partial charge in [0.25, 0.3) is 0 Å². The third kappa shape index (κ3) is 16.3. The fourth-order valence-corrected chi connectivity index (χ4v) is 8.07. The van der Waals surface area contributed by atoms with Crippen molar-refractivity contribution in [2.24, 2.45) is 11.8 Å². The molecule has 0 saturated carbocycles. The first-order chi connectivity index (χ1) is 29.4. The summed E-state index contributed by atoms with van der Waals surface area (Å²) >= 11 is 0. The summed E-state index contributed by atoms with van der Waals surface area (Å²) in [5, 5.41) is 3.84. The molecule has 0 amide bonds. The number of rotatable bonds is 31. The highest BCUT2D eigenvalue weighted by Crippen LogP contribution is 2.38. The minimum absolute atomic E-state index is 0.0760. The molecule has 0 heterocycles. The molecule has 4 aromatic rings. The van der Waals surface area contributed by atoms with Crippen LogP contribution in [-0.4, -0.2) is 37.3 Å². The third-order valence-electron chi connectivity index (χ3n) is 11.7. The zero-order valence-corrected chi connectivity index (χ0v) is 37.3. The van der Waals surface area contributed by atoms with Crippen LogP contribution in [0.4, 0.5) is 0 Å². The second kappa shape index (κ2) is 28.3. The molecule has 6 nitrogen and oxygen atoms in total. The quantitative estimate of drug-likeness (QED) is 0.0310. The predicted molar refractivity (Wildman–Crippen MR) is 247 cm³/mol. The summed E-state index contributed by atoms with van der Waals surface area (Å²) in [7, 11) is 0. The van der Waals surface area contributed by atoms with Crippen LogP contribution in [0.2, 0.25) is 0 Å². The maximum atomic E-state index is 14.5. The van der Waals surface area contributed by atoms with Gasteiger partial charge in [0.2, 0.25) is 0 Å². The van der Waals surface area contributed by atoms with E-state index in [1.807, 2.05) is 86.6 Å². The first kappa shape index (κ1) is 48.4. The summed E-state index contributed by atoms with van der Waals surface area (Å²) in [6.45, 7) is 9.14. The van der Waals surface area contributed by atoms with E-state index in [0.717, 1.165) is 54.4 Å². The van der Waals surface area contributed by atoms with E-state index in [2.05, 4.69) is 67.7 Å². The van der Waals surface area contributed by atoms with E-state index in [0.29, 0.717) is 19.6 Å². The van der Waals surface area contributed by atoms with Crippen molar-refractivity contribution in [1.29, 1.82) is 0 Å². The molecule has 4 rings (SSSR count). The van der Waals surface area contributed by atoms with E-state index in [-0.39, 0.29) is 24.6 Å². The zero-order valence-electron chi connectivity index (χ0n) is 37.3. The van der Waals surface area contributed by atoms with Gasteiger partial charge in [-0.05, 0) is 47.4 Å². The molecule has 6 heteroatoms. The maximum absolute atomic E-state index is 14.5. The Morgan fingerprint density at radius 1 is 0.550 bits per heavy atom. The van der Waals surface area contributed by atoms with Gasteiger partial charge in [-0.25, -0.2) is 0 Å². The summed E-state index contributed by atoms with van der Waals surface area (Å²) in [6.07, 6.45) is 18.1. The van der Waals surface area contributed by atoms with Gasteiger partial charge in [0.15, 0.2) is 0 Å². The van der Waals surface area contributed by atoms with Crippen LogP contribution in [-0.2, 0) is 35.9 Å². The van der Waals surface area contributed by atoms with Crippen molar-refractivity contribution in [3.05, 3.63) is 144 Å². The summed E-state index contributed by atoms with van der Waals surface area (Å²) in [5.74, 6) is -1.51. The Kier molecular flexibility index (Phi) is 22.8. The molecule has 2 unspecified atom stereocenters. The molecule has 1 N–H and O–H groups in total. The fourth-order valence-electron chi connectivity index (χ4n) is 8.07. The average Bonchev–Trinajstić information content (AvgIpc) is 3.28. The summed E-state index contributed by atoms with van der Waals surface area (Å²) in [6, 6.07) is 40.3. The molecule has 0 spiro atoms. The monoisotopic (exact) mass is 818 g/mol. The van der Waals surface area contributed by atoms with E-state index in [4.69, 9.17) is 14.2 Å². The standard InChI is InChI=1S/C54H75NO5/c1-5-7-9-10-11-12-13-14-15-16-17-30-39-50(59-42-45-31-22-18-23-32-45)41-46(52(56)58-40-8-6-2)43-60-53(57)51(44(3)4)55-54(47-33-24-19-25-34-47,48-35-26-20-27-36-48)49-37-28-21-29-38-49/h18-29,31-38,44,46,50-51,55H,5-17,30,39-43H2,1-4H3/t46?,50?,51-/m0/s1. The Labute approximate surface area is 363 Å². The van der Waals surface area contributed by atoms with E-state index >= 15 is 0 Å². The number of nitrogens with one attached hydrogen (secondary N) is 1. The van der Waals surface area contributed by atoms with Crippen LogP contribution in [0.3, 0.4) is 0 Å². The largest absolute Gasteiger partial charge is 0.465 e. The SMILES string of the molecule is CCCCCCCCCCCCCCC(CC(COC(=O)[C@@H](NC(c1ccccc1)(c1ccccc1)c1ccccc1)C(C)C)C(=O)OCCCC)OCc1ccccc1. The van der Waals surface area contributed by atoms with Gasteiger partial charge in [0.1, 0.15) is 12.6 Å².